The van der Waals surface area contributed by atoms with Gasteiger partial charge in [0.2, 0.25) is 5.91 Å². The van der Waals surface area contributed by atoms with Crippen molar-refractivity contribution in [1.29, 1.82) is 0 Å². The summed E-state index contributed by atoms with van der Waals surface area (Å²) in [6.07, 6.45) is 17.0. The summed E-state index contributed by atoms with van der Waals surface area (Å²) in [5.74, 6) is 0.660. The molecule has 2 saturated carbocycles. The lowest BCUT2D eigenvalue weighted by atomic mass is 9.47. The van der Waals surface area contributed by atoms with Crippen LogP contribution in [0.2, 0.25) is 0 Å². The van der Waals surface area contributed by atoms with Gasteiger partial charge >= 0.3 is 11.9 Å². The fraction of sp³-hybridized carbons (Fsp3) is 0.561. The molecule has 50 heavy (non-hydrogen) atoms. The van der Waals surface area contributed by atoms with Gasteiger partial charge in [-0.05, 0) is 89.9 Å². The van der Waals surface area contributed by atoms with Crippen molar-refractivity contribution in [1.82, 2.24) is 9.88 Å². The van der Waals surface area contributed by atoms with Gasteiger partial charge in [0.15, 0.2) is 0 Å². The molecule has 0 bridgehead atoms. The number of allylic oxidation sites excluding steroid dienone is 3. The number of aromatic nitrogens is 1. The van der Waals surface area contributed by atoms with E-state index in [0.717, 1.165) is 37.7 Å². The van der Waals surface area contributed by atoms with E-state index in [4.69, 9.17) is 4.74 Å². The minimum atomic E-state index is -1.03. The monoisotopic (exact) mass is 716 g/mol. The highest BCUT2D eigenvalue weighted by atomic mass is 33.1. The Kier molecular flexibility index (Phi) is 11.5. The Morgan fingerprint density at radius 3 is 2.40 bits per heavy atom. The van der Waals surface area contributed by atoms with Crippen molar-refractivity contribution in [3.05, 3.63) is 83.7 Å². The minimum absolute atomic E-state index is 0.0288. The van der Waals surface area contributed by atoms with Gasteiger partial charge in [-0.25, -0.2) is 0 Å². The van der Waals surface area contributed by atoms with Crippen LogP contribution in [-0.2, 0) is 25.7 Å². The number of nitrogens with zero attached hydrogens (tertiary/aromatic N) is 2. The summed E-state index contributed by atoms with van der Waals surface area (Å²) < 4.78 is 6.10. The molecule has 1 aromatic heterocycles. The van der Waals surface area contributed by atoms with Crippen molar-refractivity contribution < 1.29 is 24.2 Å². The van der Waals surface area contributed by atoms with E-state index in [1.807, 2.05) is 56.6 Å². The highest BCUT2D eigenvalue weighted by molar-refractivity contribution is 8.77. The van der Waals surface area contributed by atoms with E-state index in [2.05, 4.69) is 43.1 Å². The predicted octanol–water partition coefficient (Wildman–Crippen LogP) is 9.00. The third-order valence-electron chi connectivity index (χ3n) is 12.1. The second-order valence-electron chi connectivity index (χ2n) is 15.5. The molecule has 2 aromatic rings. The average Bonchev–Trinajstić information content (AvgIpc) is 3.45. The van der Waals surface area contributed by atoms with Crippen LogP contribution in [0.3, 0.4) is 0 Å². The summed E-state index contributed by atoms with van der Waals surface area (Å²) in [6.45, 7) is 8.92. The van der Waals surface area contributed by atoms with E-state index in [9.17, 15) is 19.5 Å². The molecular weight excluding hydrogens is 665 g/mol. The topological polar surface area (TPSA) is 96.8 Å². The number of pyridine rings is 1. The molecular formula is C41H52N2O5S2. The number of esters is 1. The zero-order chi connectivity index (χ0) is 35.5. The number of fused-ring (bicyclic) bond motifs is 5. The highest BCUT2D eigenvalue weighted by Gasteiger charge is 2.57. The number of carboxylic acid groups (broad SMARTS) is 1. The maximum absolute atomic E-state index is 13.1. The van der Waals surface area contributed by atoms with Crippen LogP contribution >= 0.6 is 21.6 Å². The van der Waals surface area contributed by atoms with Gasteiger partial charge < -0.3 is 14.7 Å². The standard InChI is InChI=1S/C41H52N2O5S2/c1-27(21-37(44)43(26-38(45)46)25-29-9-6-5-7-10-29)49-50-28(2)22-39(47)48-32-16-18-40(3)31(23-32)12-13-33-35-15-14-34(30-11-8-20-42-24-30)41(35,4)19-17-36(33)40/h5-12,14,20,24,27-28,32-33,35-36H,13,15-19,21-23,25-26H2,1-4H3,(H,45,46)/t27?,28?,32-,33-,35?,36-,40-,41+/m0/s1. The van der Waals surface area contributed by atoms with Gasteiger partial charge in [0.1, 0.15) is 12.6 Å². The second kappa shape index (κ2) is 15.7. The Morgan fingerprint density at radius 1 is 0.940 bits per heavy atom. The fourth-order valence-corrected chi connectivity index (χ4v) is 11.9. The molecule has 3 unspecified atom stereocenters. The Labute approximate surface area is 305 Å². The summed E-state index contributed by atoms with van der Waals surface area (Å²) in [6, 6.07) is 13.7. The van der Waals surface area contributed by atoms with E-state index >= 15 is 0 Å². The number of carbonyl (C=O) groups excluding carboxylic acids is 2. The molecule has 4 aliphatic rings. The van der Waals surface area contributed by atoms with Crippen molar-refractivity contribution in [3.63, 3.8) is 0 Å². The van der Waals surface area contributed by atoms with Crippen LogP contribution in [0.4, 0.5) is 0 Å². The minimum Gasteiger partial charge on any atom is -0.480 e. The number of hydrogen-bond donors (Lipinski definition) is 1. The quantitative estimate of drug-likeness (QED) is 0.125. The zero-order valence-electron chi connectivity index (χ0n) is 29.9. The van der Waals surface area contributed by atoms with Gasteiger partial charge in [-0.3, -0.25) is 19.4 Å². The number of carboxylic acids is 1. The Balaban J connectivity index is 0.965. The van der Waals surface area contributed by atoms with E-state index in [-0.39, 0.29) is 58.8 Å². The molecule has 268 valence electrons. The first-order chi connectivity index (χ1) is 24.0. The third-order valence-corrected chi connectivity index (χ3v) is 15.5. The first kappa shape index (κ1) is 36.7. The number of amides is 1. The normalized spacial score (nSPS) is 29.7. The summed E-state index contributed by atoms with van der Waals surface area (Å²) in [4.78, 5) is 43.4. The molecule has 7 nitrogen and oxygen atoms in total. The third kappa shape index (κ3) is 8.04. The molecule has 6 rings (SSSR count). The number of hydrogen-bond acceptors (Lipinski definition) is 7. The number of rotatable bonds is 13. The number of carbonyl (C=O) groups is 3. The maximum atomic E-state index is 13.1. The van der Waals surface area contributed by atoms with Gasteiger partial charge in [0, 0.05) is 42.3 Å². The predicted molar refractivity (Wildman–Crippen MR) is 202 cm³/mol. The maximum Gasteiger partial charge on any atom is 0.323 e. The van der Waals surface area contributed by atoms with Gasteiger partial charge in [-0.1, -0.05) is 103 Å². The smallest absolute Gasteiger partial charge is 0.323 e. The van der Waals surface area contributed by atoms with Crippen LogP contribution in [0.5, 0.6) is 0 Å². The molecule has 4 aliphatic carbocycles. The molecule has 0 aliphatic heterocycles. The van der Waals surface area contributed by atoms with Crippen molar-refractivity contribution in [2.24, 2.45) is 28.6 Å². The molecule has 1 heterocycles. The van der Waals surface area contributed by atoms with Crippen molar-refractivity contribution in [2.75, 3.05) is 6.54 Å². The van der Waals surface area contributed by atoms with Crippen molar-refractivity contribution in [3.8, 4) is 0 Å². The Bertz CT molecular complexity index is 1600. The van der Waals surface area contributed by atoms with E-state index in [1.54, 1.807) is 21.6 Å². The van der Waals surface area contributed by atoms with Crippen molar-refractivity contribution >= 4 is 45.0 Å². The molecule has 8 atom stereocenters. The van der Waals surface area contributed by atoms with Crippen LogP contribution in [0, 0.1) is 28.6 Å². The van der Waals surface area contributed by atoms with Crippen LogP contribution in [-0.4, -0.2) is 56.0 Å². The SMILES string of the molecule is CC(CC(=O)O[C@H]1CC[C@@]2(C)C(=CC[C@H]3C4CC=C(c5cccnc5)[C@@]4(C)CC[C@@H]32)C1)SSC(C)CC(=O)N(CC(=O)O)Cc1ccccc1. The first-order valence-corrected chi connectivity index (χ1v) is 20.6. The average molecular weight is 717 g/mol. The van der Waals surface area contributed by atoms with Crippen LogP contribution < -0.4 is 0 Å². The lowest BCUT2D eigenvalue weighted by molar-refractivity contribution is -0.151. The largest absolute Gasteiger partial charge is 0.480 e. The Hall–Kier alpha value is -3.04. The number of aliphatic carboxylic acids is 1. The molecule has 9 heteroatoms. The molecule has 0 saturated heterocycles. The molecule has 1 N–H and O–H groups in total. The van der Waals surface area contributed by atoms with E-state index < -0.39 is 5.97 Å². The van der Waals surface area contributed by atoms with Crippen LogP contribution in [0.1, 0.15) is 96.6 Å². The van der Waals surface area contributed by atoms with Crippen molar-refractivity contribution in [2.45, 2.75) is 109 Å². The summed E-state index contributed by atoms with van der Waals surface area (Å²) >= 11 is 0. The van der Waals surface area contributed by atoms with Gasteiger partial charge in [0.05, 0.1) is 6.42 Å². The zero-order valence-corrected chi connectivity index (χ0v) is 31.5. The molecule has 1 amide bonds. The number of ether oxygens (including phenoxy) is 1. The van der Waals surface area contributed by atoms with E-state index in [1.165, 1.54) is 34.5 Å². The summed E-state index contributed by atoms with van der Waals surface area (Å²) in [5, 5.41) is 9.36. The van der Waals surface area contributed by atoms with Crippen LogP contribution in [0.15, 0.2) is 72.6 Å². The highest BCUT2D eigenvalue weighted by Crippen LogP contribution is 2.66. The van der Waals surface area contributed by atoms with E-state index in [0.29, 0.717) is 24.2 Å². The van der Waals surface area contributed by atoms with Gasteiger partial charge in [0.25, 0.3) is 0 Å². The summed E-state index contributed by atoms with van der Waals surface area (Å²) in [5.41, 5.74) is 5.58. The summed E-state index contributed by atoms with van der Waals surface area (Å²) in [7, 11) is 3.16. The fourth-order valence-electron chi connectivity index (χ4n) is 9.57. The van der Waals surface area contributed by atoms with Crippen LogP contribution in [0.25, 0.3) is 5.57 Å². The van der Waals surface area contributed by atoms with Gasteiger partial charge in [-0.15, -0.1) is 0 Å². The Morgan fingerprint density at radius 2 is 1.68 bits per heavy atom. The molecule has 2 fully saturated rings. The number of benzene rings is 1. The lowest BCUT2D eigenvalue weighted by Gasteiger charge is -2.57. The lowest BCUT2D eigenvalue weighted by Crippen LogP contribution is -2.50. The molecule has 1 aromatic carbocycles. The first-order valence-electron chi connectivity index (χ1n) is 18.3. The van der Waals surface area contributed by atoms with Gasteiger partial charge in [-0.2, -0.15) is 0 Å². The molecule has 0 spiro atoms. The second-order valence-corrected chi connectivity index (χ2v) is 18.7. The molecule has 0 radical (unpaired) electrons.